The summed E-state index contributed by atoms with van der Waals surface area (Å²) in [7, 11) is 1.57. The van der Waals surface area contributed by atoms with E-state index in [1.54, 1.807) is 23.9 Å². The number of fused-ring (bicyclic) bond motifs is 1. The molecule has 10 heteroatoms. The number of benzene rings is 3. The van der Waals surface area contributed by atoms with Crippen molar-refractivity contribution in [3.63, 3.8) is 0 Å². The number of ether oxygens (including phenoxy) is 2. The Hall–Kier alpha value is -4.01. The Kier molecular flexibility index (Phi) is 7.50. The molecule has 1 aliphatic heterocycles. The molecule has 1 atom stereocenters. The first-order valence-electron chi connectivity index (χ1n) is 12.3. The van der Waals surface area contributed by atoms with E-state index in [-0.39, 0.29) is 12.5 Å². The maximum absolute atomic E-state index is 13.7. The molecule has 3 aromatic carbocycles. The number of hydrogen-bond donors (Lipinski definition) is 2. The third-order valence-electron chi connectivity index (χ3n) is 6.57. The molecule has 0 saturated carbocycles. The zero-order valence-corrected chi connectivity index (χ0v) is 23.4. The molecule has 1 aliphatic rings. The number of nitrogens with one attached hydrogen (secondary N) is 2. The minimum absolute atomic E-state index is 0.231. The molecule has 2 N–H and O–H groups in total. The van der Waals surface area contributed by atoms with Gasteiger partial charge in [0.05, 0.1) is 12.7 Å². The molecule has 0 saturated heterocycles. The van der Waals surface area contributed by atoms with Gasteiger partial charge in [-0.15, -0.1) is 0 Å². The quantitative estimate of drug-likeness (QED) is 0.259. The highest BCUT2D eigenvalue weighted by Crippen LogP contribution is 2.39. The average molecular weight is 564 g/mol. The van der Waals surface area contributed by atoms with Crippen molar-refractivity contribution >= 4 is 40.7 Å². The van der Waals surface area contributed by atoms with Crippen LogP contribution < -0.4 is 20.1 Å². The van der Waals surface area contributed by atoms with Crippen LogP contribution in [0.5, 0.6) is 11.5 Å². The van der Waals surface area contributed by atoms with Gasteiger partial charge in [0, 0.05) is 27.0 Å². The molecule has 200 valence electrons. The van der Waals surface area contributed by atoms with Crippen molar-refractivity contribution in [1.82, 2.24) is 14.8 Å². The summed E-state index contributed by atoms with van der Waals surface area (Å²) in [5, 5.41) is 11.8. The molecule has 0 aliphatic carbocycles. The molecule has 39 heavy (non-hydrogen) atoms. The standard InChI is InChI=1S/C29H27Cl2N5O3/c1-16-5-9-23(17(2)11-16)35-28(37)26-18(3)34-29-32-15-33-36(29)27(26)19-7-10-24(25(12-19)38-4)39-14-20-6-8-21(30)13-22(20)31/h5-13,15,27H,14H2,1-4H3,(H,35,37)(H,32,33,34)/t27-/m0/s1. The number of carbonyl (C=O) groups is 1. The monoisotopic (exact) mass is 563 g/mol. The zero-order chi connectivity index (χ0) is 27.7. The zero-order valence-electron chi connectivity index (χ0n) is 21.9. The molecule has 1 amide bonds. The van der Waals surface area contributed by atoms with Gasteiger partial charge >= 0.3 is 0 Å². The van der Waals surface area contributed by atoms with Crippen LogP contribution in [0.25, 0.3) is 0 Å². The summed E-state index contributed by atoms with van der Waals surface area (Å²) in [6.07, 6.45) is 1.46. The largest absolute Gasteiger partial charge is 0.493 e. The van der Waals surface area contributed by atoms with Crippen molar-refractivity contribution in [2.45, 2.75) is 33.4 Å². The van der Waals surface area contributed by atoms with E-state index in [2.05, 4.69) is 20.7 Å². The maximum atomic E-state index is 13.7. The number of aryl methyl sites for hydroxylation is 2. The smallest absolute Gasteiger partial charge is 0.255 e. The normalized spacial score (nSPS) is 14.5. The van der Waals surface area contributed by atoms with Crippen molar-refractivity contribution in [2.24, 2.45) is 0 Å². The van der Waals surface area contributed by atoms with E-state index in [4.69, 9.17) is 32.7 Å². The second-order valence-corrected chi connectivity index (χ2v) is 10.1. The second-order valence-electron chi connectivity index (χ2n) is 9.30. The molecule has 5 rings (SSSR count). The number of aromatic nitrogens is 3. The van der Waals surface area contributed by atoms with Crippen LogP contribution in [0.1, 0.15) is 35.2 Å². The predicted molar refractivity (Wildman–Crippen MR) is 153 cm³/mol. The van der Waals surface area contributed by atoms with Crippen LogP contribution in [0.15, 0.2) is 72.2 Å². The Morgan fingerprint density at radius 1 is 1.05 bits per heavy atom. The highest BCUT2D eigenvalue weighted by Gasteiger charge is 2.34. The van der Waals surface area contributed by atoms with E-state index in [0.717, 1.165) is 27.9 Å². The van der Waals surface area contributed by atoms with Crippen molar-refractivity contribution < 1.29 is 14.3 Å². The minimum atomic E-state index is -0.553. The van der Waals surface area contributed by atoms with Gasteiger partial charge in [0.2, 0.25) is 5.95 Å². The fraction of sp³-hybridized carbons (Fsp3) is 0.207. The van der Waals surface area contributed by atoms with E-state index in [1.807, 2.05) is 63.2 Å². The third kappa shape index (κ3) is 5.44. The topological polar surface area (TPSA) is 90.3 Å². The molecular weight excluding hydrogens is 537 g/mol. The fourth-order valence-corrected chi connectivity index (χ4v) is 5.07. The molecule has 0 unspecified atom stereocenters. The van der Waals surface area contributed by atoms with E-state index in [1.165, 1.54) is 6.33 Å². The summed E-state index contributed by atoms with van der Waals surface area (Å²) in [5.41, 5.74) is 5.61. The van der Waals surface area contributed by atoms with E-state index < -0.39 is 6.04 Å². The second kappa shape index (κ2) is 11.0. The average Bonchev–Trinajstić information content (AvgIpc) is 3.37. The van der Waals surface area contributed by atoms with E-state index >= 15 is 0 Å². The van der Waals surface area contributed by atoms with Gasteiger partial charge in [-0.3, -0.25) is 4.79 Å². The van der Waals surface area contributed by atoms with Crippen LogP contribution in [0.3, 0.4) is 0 Å². The first-order valence-corrected chi connectivity index (χ1v) is 13.0. The number of methoxy groups -OCH3 is 1. The van der Waals surface area contributed by atoms with Gasteiger partial charge in [-0.2, -0.15) is 10.1 Å². The molecule has 0 bridgehead atoms. The summed E-state index contributed by atoms with van der Waals surface area (Å²) in [6.45, 7) is 6.07. The van der Waals surface area contributed by atoms with Gasteiger partial charge in [0.1, 0.15) is 19.0 Å². The van der Waals surface area contributed by atoms with Crippen molar-refractivity contribution in [3.05, 3.63) is 104 Å². The Morgan fingerprint density at radius 2 is 1.87 bits per heavy atom. The third-order valence-corrected chi connectivity index (χ3v) is 7.16. The predicted octanol–water partition coefficient (Wildman–Crippen LogP) is 6.72. The Labute approximate surface area is 236 Å². The SMILES string of the molecule is COc1cc([C@H]2C(C(=O)Nc3ccc(C)cc3C)=C(C)Nc3ncnn32)ccc1OCc1ccc(Cl)cc1Cl. The number of allylic oxidation sites excluding steroid dienone is 1. The van der Waals surface area contributed by atoms with Gasteiger partial charge in [-0.1, -0.05) is 53.0 Å². The molecule has 4 aromatic rings. The van der Waals surface area contributed by atoms with Crippen molar-refractivity contribution in [2.75, 3.05) is 17.7 Å². The molecular formula is C29H27Cl2N5O3. The number of nitrogens with zero attached hydrogens (tertiary/aromatic N) is 3. The molecule has 2 heterocycles. The highest BCUT2D eigenvalue weighted by atomic mass is 35.5. The molecule has 8 nitrogen and oxygen atoms in total. The van der Waals surface area contributed by atoms with Crippen LogP contribution in [-0.4, -0.2) is 27.8 Å². The lowest BCUT2D eigenvalue weighted by molar-refractivity contribution is -0.113. The number of carbonyl (C=O) groups excluding carboxylic acids is 1. The lowest BCUT2D eigenvalue weighted by Crippen LogP contribution is -2.31. The number of anilines is 2. The van der Waals surface area contributed by atoms with Crippen molar-refractivity contribution in [3.8, 4) is 11.5 Å². The van der Waals surface area contributed by atoms with Crippen molar-refractivity contribution in [1.29, 1.82) is 0 Å². The number of amides is 1. The first-order chi connectivity index (χ1) is 18.7. The molecule has 0 radical (unpaired) electrons. The van der Waals surface area contributed by atoms with Crippen LogP contribution >= 0.6 is 23.2 Å². The van der Waals surface area contributed by atoms with E-state index in [9.17, 15) is 4.79 Å². The lowest BCUT2D eigenvalue weighted by atomic mass is 9.94. The fourth-order valence-electron chi connectivity index (χ4n) is 4.60. The summed E-state index contributed by atoms with van der Waals surface area (Å²) in [4.78, 5) is 18.0. The maximum Gasteiger partial charge on any atom is 0.255 e. The van der Waals surface area contributed by atoms with Gasteiger partial charge in [0.15, 0.2) is 11.5 Å². The van der Waals surface area contributed by atoms with Crippen LogP contribution in [-0.2, 0) is 11.4 Å². The van der Waals surface area contributed by atoms with Crippen LogP contribution in [0, 0.1) is 13.8 Å². The number of rotatable bonds is 7. The molecule has 0 spiro atoms. The number of halogens is 2. The van der Waals surface area contributed by atoms with Gasteiger partial charge < -0.3 is 20.1 Å². The van der Waals surface area contributed by atoms with E-state index in [0.29, 0.717) is 38.8 Å². The summed E-state index contributed by atoms with van der Waals surface area (Å²) in [5.74, 6) is 1.33. The highest BCUT2D eigenvalue weighted by molar-refractivity contribution is 6.35. The van der Waals surface area contributed by atoms with Crippen LogP contribution in [0.2, 0.25) is 10.0 Å². The first kappa shape index (κ1) is 26.6. The Bertz CT molecular complexity index is 1600. The Balaban J connectivity index is 1.47. The summed E-state index contributed by atoms with van der Waals surface area (Å²) in [6, 6.07) is 16.2. The lowest BCUT2D eigenvalue weighted by Gasteiger charge is -2.29. The summed E-state index contributed by atoms with van der Waals surface area (Å²) < 4.78 is 13.4. The van der Waals surface area contributed by atoms with Gasteiger partial charge in [0.25, 0.3) is 5.91 Å². The van der Waals surface area contributed by atoms with Gasteiger partial charge in [-0.05, 0) is 62.2 Å². The number of hydrogen-bond acceptors (Lipinski definition) is 6. The van der Waals surface area contributed by atoms with Crippen LogP contribution in [0.4, 0.5) is 11.6 Å². The molecule has 1 aromatic heterocycles. The van der Waals surface area contributed by atoms with Gasteiger partial charge in [-0.25, -0.2) is 4.68 Å². The summed E-state index contributed by atoms with van der Waals surface area (Å²) >= 11 is 12.3. The minimum Gasteiger partial charge on any atom is -0.493 e. The Morgan fingerprint density at radius 3 is 2.62 bits per heavy atom. The molecule has 0 fully saturated rings.